The number of ketones is 1. The lowest BCUT2D eigenvalue weighted by molar-refractivity contribution is -0.126. The highest BCUT2D eigenvalue weighted by atomic mass is 32.2. The quantitative estimate of drug-likeness (QED) is 0.799. The summed E-state index contributed by atoms with van der Waals surface area (Å²) in [4.78, 5) is 14.4. The minimum atomic E-state index is -3.08. The Morgan fingerprint density at radius 1 is 1.14 bits per heavy atom. The lowest BCUT2D eigenvalue weighted by Crippen LogP contribution is -2.44. The Morgan fingerprint density at radius 2 is 1.86 bits per heavy atom. The van der Waals surface area contributed by atoms with Crippen molar-refractivity contribution in [3.8, 4) is 0 Å². The molecular weight excluding hydrogens is 286 g/mol. The molecule has 21 heavy (non-hydrogen) atoms. The number of nitrogens with zero attached hydrogens (tertiary/aromatic N) is 1. The van der Waals surface area contributed by atoms with E-state index in [1.807, 2.05) is 0 Å². The monoisotopic (exact) mass is 315 g/mol. The molecule has 1 saturated heterocycles. The van der Waals surface area contributed by atoms with E-state index in [0.717, 1.165) is 45.1 Å². The highest BCUT2D eigenvalue weighted by Gasteiger charge is 2.38. The fourth-order valence-electron chi connectivity index (χ4n) is 3.55. The molecule has 0 aromatic heterocycles. The van der Waals surface area contributed by atoms with Gasteiger partial charge in [0.15, 0.2) is 9.84 Å². The standard InChI is InChI=1S/C16H29NO3S/c1-16(2,3)21(19,20)12-11-17-10-6-8-14(17)13-7-4-5-9-15(13)18/h13-14H,4-12H2,1-3H3. The van der Waals surface area contributed by atoms with E-state index in [4.69, 9.17) is 0 Å². The summed E-state index contributed by atoms with van der Waals surface area (Å²) >= 11 is 0. The van der Waals surface area contributed by atoms with Crippen molar-refractivity contribution in [2.75, 3.05) is 18.8 Å². The van der Waals surface area contributed by atoms with Gasteiger partial charge in [0.05, 0.1) is 10.5 Å². The van der Waals surface area contributed by atoms with Gasteiger partial charge in [-0.2, -0.15) is 0 Å². The molecule has 0 aromatic rings. The van der Waals surface area contributed by atoms with Crippen LogP contribution in [0.15, 0.2) is 0 Å². The molecule has 4 nitrogen and oxygen atoms in total. The molecule has 0 N–H and O–H groups in total. The zero-order chi connectivity index (χ0) is 15.7. The van der Waals surface area contributed by atoms with Crippen LogP contribution in [0.4, 0.5) is 0 Å². The third-order valence-electron chi connectivity index (χ3n) is 5.06. The van der Waals surface area contributed by atoms with Gasteiger partial charge in [0.25, 0.3) is 0 Å². The van der Waals surface area contributed by atoms with E-state index < -0.39 is 14.6 Å². The fourth-order valence-corrected chi connectivity index (χ4v) is 4.63. The normalized spacial score (nSPS) is 29.0. The average Bonchev–Trinajstić information content (AvgIpc) is 2.84. The highest BCUT2D eigenvalue weighted by molar-refractivity contribution is 7.92. The van der Waals surface area contributed by atoms with Gasteiger partial charge < -0.3 is 0 Å². The molecule has 2 atom stereocenters. The van der Waals surface area contributed by atoms with Crippen molar-refractivity contribution in [2.45, 2.75) is 70.1 Å². The van der Waals surface area contributed by atoms with Crippen LogP contribution >= 0.6 is 0 Å². The first-order valence-electron chi connectivity index (χ1n) is 8.21. The van der Waals surface area contributed by atoms with Crippen molar-refractivity contribution >= 4 is 15.6 Å². The van der Waals surface area contributed by atoms with Crippen LogP contribution in [0, 0.1) is 5.92 Å². The molecule has 2 unspecified atom stereocenters. The summed E-state index contributed by atoms with van der Waals surface area (Å²) < 4.78 is 23.8. The van der Waals surface area contributed by atoms with Crippen molar-refractivity contribution in [1.82, 2.24) is 4.90 Å². The van der Waals surface area contributed by atoms with E-state index in [9.17, 15) is 13.2 Å². The maximum Gasteiger partial charge on any atom is 0.156 e. The fraction of sp³-hybridized carbons (Fsp3) is 0.938. The molecule has 2 aliphatic rings. The van der Waals surface area contributed by atoms with E-state index in [1.165, 1.54) is 0 Å². The summed E-state index contributed by atoms with van der Waals surface area (Å²) in [7, 11) is -3.08. The van der Waals surface area contributed by atoms with E-state index in [1.54, 1.807) is 20.8 Å². The van der Waals surface area contributed by atoms with Gasteiger partial charge in [-0.25, -0.2) is 8.42 Å². The van der Waals surface area contributed by atoms with Gasteiger partial charge in [-0.15, -0.1) is 0 Å². The van der Waals surface area contributed by atoms with Crippen LogP contribution in [0.3, 0.4) is 0 Å². The molecule has 0 bridgehead atoms. The number of likely N-dealkylation sites (tertiary alicyclic amines) is 1. The first kappa shape index (κ1) is 16.9. The first-order chi connectivity index (χ1) is 9.72. The van der Waals surface area contributed by atoms with Crippen LogP contribution in [-0.4, -0.2) is 48.7 Å². The number of carbonyl (C=O) groups excluding carboxylic acids is 1. The smallest absolute Gasteiger partial charge is 0.156 e. The zero-order valence-electron chi connectivity index (χ0n) is 13.6. The third-order valence-corrected chi connectivity index (χ3v) is 7.65. The molecule has 1 aliphatic heterocycles. The first-order valence-corrected chi connectivity index (χ1v) is 9.87. The number of Topliss-reactive ketones (excluding diaryl/α,β-unsaturated/α-hetero) is 1. The average molecular weight is 315 g/mol. The Hall–Kier alpha value is -0.420. The van der Waals surface area contributed by atoms with Crippen LogP contribution in [0.5, 0.6) is 0 Å². The van der Waals surface area contributed by atoms with E-state index in [0.29, 0.717) is 12.3 Å². The Balaban J connectivity index is 1.98. The Labute approximate surface area is 129 Å². The van der Waals surface area contributed by atoms with Gasteiger partial charge in [-0.3, -0.25) is 9.69 Å². The summed E-state index contributed by atoms with van der Waals surface area (Å²) in [6.07, 6.45) is 6.01. The minimum Gasteiger partial charge on any atom is -0.299 e. The van der Waals surface area contributed by atoms with Crippen LogP contribution in [-0.2, 0) is 14.6 Å². The van der Waals surface area contributed by atoms with Crippen molar-refractivity contribution in [2.24, 2.45) is 5.92 Å². The number of hydrogen-bond acceptors (Lipinski definition) is 4. The molecule has 1 heterocycles. The van der Waals surface area contributed by atoms with Gasteiger partial charge >= 0.3 is 0 Å². The summed E-state index contributed by atoms with van der Waals surface area (Å²) in [5, 5.41) is 0. The second-order valence-corrected chi connectivity index (χ2v) is 10.4. The Morgan fingerprint density at radius 3 is 2.48 bits per heavy atom. The van der Waals surface area contributed by atoms with Gasteiger partial charge in [-0.1, -0.05) is 6.42 Å². The summed E-state index contributed by atoms with van der Waals surface area (Å²) in [6.45, 7) is 6.79. The molecule has 0 amide bonds. The molecular formula is C16H29NO3S. The largest absolute Gasteiger partial charge is 0.299 e. The van der Waals surface area contributed by atoms with E-state index >= 15 is 0 Å². The van der Waals surface area contributed by atoms with Crippen LogP contribution in [0.1, 0.15) is 59.3 Å². The molecule has 0 radical (unpaired) electrons. The van der Waals surface area contributed by atoms with Crippen molar-refractivity contribution in [1.29, 1.82) is 0 Å². The van der Waals surface area contributed by atoms with E-state index in [2.05, 4.69) is 4.90 Å². The molecule has 2 rings (SSSR count). The Bertz CT molecular complexity index is 478. The Kier molecular flexibility index (Phi) is 5.14. The molecule has 2 fully saturated rings. The lowest BCUT2D eigenvalue weighted by Gasteiger charge is -2.33. The van der Waals surface area contributed by atoms with Crippen molar-refractivity contribution in [3.05, 3.63) is 0 Å². The number of sulfone groups is 1. The zero-order valence-corrected chi connectivity index (χ0v) is 14.4. The van der Waals surface area contributed by atoms with Gasteiger partial charge in [0.1, 0.15) is 5.78 Å². The number of hydrogen-bond donors (Lipinski definition) is 0. The molecule has 5 heteroatoms. The molecule has 1 saturated carbocycles. The molecule has 1 aliphatic carbocycles. The van der Waals surface area contributed by atoms with Crippen LogP contribution in [0.2, 0.25) is 0 Å². The second kappa shape index (κ2) is 6.37. The third kappa shape index (κ3) is 3.86. The highest BCUT2D eigenvalue weighted by Crippen LogP contribution is 2.32. The maximum absolute atomic E-state index is 12.3. The SMILES string of the molecule is CC(C)(C)S(=O)(=O)CCN1CCCC1C1CCCCC1=O. The van der Waals surface area contributed by atoms with E-state index in [-0.39, 0.29) is 17.7 Å². The van der Waals surface area contributed by atoms with Crippen LogP contribution in [0.25, 0.3) is 0 Å². The van der Waals surface area contributed by atoms with Gasteiger partial charge in [0, 0.05) is 24.9 Å². The summed E-state index contributed by atoms with van der Waals surface area (Å²) in [5.41, 5.74) is 0. The van der Waals surface area contributed by atoms with Gasteiger partial charge in [0.2, 0.25) is 0 Å². The predicted octanol–water partition coefficient (Wildman–Crippen LogP) is 2.42. The number of rotatable bonds is 4. The maximum atomic E-state index is 12.3. The van der Waals surface area contributed by atoms with Gasteiger partial charge in [-0.05, 0) is 53.0 Å². The molecule has 0 spiro atoms. The second-order valence-electron chi connectivity index (χ2n) is 7.50. The topological polar surface area (TPSA) is 54.5 Å². The summed E-state index contributed by atoms with van der Waals surface area (Å²) in [6, 6.07) is 0.285. The number of carbonyl (C=O) groups is 1. The van der Waals surface area contributed by atoms with Crippen molar-refractivity contribution < 1.29 is 13.2 Å². The molecule has 122 valence electrons. The molecule has 0 aromatic carbocycles. The van der Waals surface area contributed by atoms with Crippen LogP contribution < -0.4 is 0 Å². The summed E-state index contributed by atoms with van der Waals surface area (Å²) in [5.74, 6) is 0.754. The lowest BCUT2D eigenvalue weighted by atomic mass is 9.82. The predicted molar refractivity (Wildman–Crippen MR) is 85.1 cm³/mol. The van der Waals surface area contributed by atoms with Crippen molar-refractivity contribution in [3.63, 3.8) is 0 Å². The minimum absolute atomic E-state index is 0.151.